The molecule has 3 rings (SSSR count). The van der Waals surface area contributed by atoms with E-state index >= 15 is 0 Å². The maximum absolute atomic E-state index is 5.26. The summed E-state index contributed by atoms with van der Waals surface area (Å²) in [5, 5.41) is 5.81. The molecule has 7 heteroatoms. The molecule has 0 aromatic carbocycles. The number of anilines is 1. The van der Waals surface area contributed by atoms with E-state index in [1.807, 2.05) is 4.52 Å². The molecule has 1 fully saturated rings. The quantitative estimate of drug-likeness (QED) is 0.856. The second kappa shape index (κ2) is 6.37. The Morgan fingerprint density at radius 3 is 2.52 bits per heavy atom. The van der Waals surface area contributed by atoms with E-state index in [1.165, 1.54) is 0 Å². The van der Waals surface area contributed by atoms with Gasteiger partial charge in [0.1, 0.15) is 0 Å². The van der Waals surface area contributed by atoms with Gasteiger partial charge in [0.15, 0.2) is 0 Å². The molecule has 1 atom stereocenters. The Bertz CT molecular complexity index is 620. The lowest BCUT2D eigenvalue weighted by Gasteiger charge is -2.37. The van der Waals surface area contributed by atoms with E-state index in [0.717, 1.165) is 48.6 Å². The first-order chi connectivity index (χ1) is 10.9. The minimum Gasteiger partial charge on any atom is -0.383 e. The minimum absolute atomic E-state index is 0.0662. The second-order valence-corrected chi connectivity index (χ2v) is 8.25. The monoisotopic (exact) mass is 337 g/mol. The summed E-state index contributed by atoms with van der Waals surface area (Å²) in [6, 6.07) is 0.477. The number of methoxy groups -OCH3 is 1. The number of rotatable bonds is 4. The molecule has 0 aliphatic carbocycles. The summed E-state index contributed by atoms with van der Waals surface area (Å²) >= 11 is 1.68. The lowest BCUT2D eigenvalue weighted by Crippen LogP contribution is -2.50. The van der Waals surface area contributed by atoms with Gasteiger partial charge in [0, 0.05) is 44.7 Å². The van der Waals surface area contributed by atoms with Crippen LogP contribution in [0.3, 0.4) is 0 Å². The number of nitrogens with zero attached hydrogens (tertiary/aromatic N) is 5. The van der Waals surface area contributed by atoms with Gasteiger partial charge in [-0.3, -0.25) is 4.90 Å². The summed E-state index contributed by atoms with van der Waals surface area (Å²) in [5.41, 5.74) is 1.16. The Morgan fingerprint density at radius 1 is 1.26 bits per heavy atom. The molecule has 6 nitrogen and oxygen atoms in total. The van der Waals surface area contributed by atoms with Gasteiger partial charge in [-0.2, -0.15) is 0 Å². The van der Waals surface area contributed by atoms with Crippen LogP contribution in [0.2, 0.25) is 0 Å². The molecule has 3 heterocycles. The fraction of sp³-hybridized carbons (Fsp3) is 0.750. The maximum atomic E-state index is 5.26. The highest BCUT2D eigenvalue weighted by molar-refractivity contribution is 7.20. The molecular formula is C16H27N5OS. The maximum Gasteiger partial charge on any atom is 0.214 e. The van der Waals surface area contributed by atoms with Gasteiger partial charge in [-0.1, -0.05) is 32.1 Å². The van der Waals surface area contributed by atoms with Crippen LogP contribution in [0.4, 0.5) is 5.13 Å². The highest BCUT2D eigenvalue weighted by Gasteiger charge is 2.24. The molecule has 23 heavy (non-hydrogen) atoms. The summed E-state index contributed by atoms with van der Waals surface area (Å²) in [6.45, 7) is 13.7. The fourth-order valence-electron chi connectivity index (χ4n) is 2.88. The van der Waals surface area contributed by atoms with E-state index in [4.69, 9.17) is 14.8 Å². The summed E-state index contributed by atoms with van der Waals surface area (Å²) in [6.07, 6.45) is 2.06. The summed E-state index contributed by atoms with van der Waals surface area (Å²) in [5.74, 6) is 0. The van der Waals surface area contributed by atoms with E-state index in [-0.39, 0.29) is 5.41 Å². The molecule has 2 aromatic rings. The third kappa shape index (κ3) is 3.51. The number of piperazine rings is 1. The van der Waals surface area contributed by atoms with Gasteiger partial charge in [0.2, 0.25) is 10.1 Å². The molecule has 1 aliphatic heterocycles. The molecule has 0 spiro atoms. The zero-order chi connectivity index (χ0) is 16.6. The van der Waals surface area contributed by atoms with Crippen LogP contribution in [0, 0.1) is 0 Å². The predicted molar refractivity (Wildman–Crippen MR) is 94.7 cm³/mol. The van der Waals surface area contributed by atoms with Crippen molar-refractivity contribution in [3.05, 3.63) is 11.9 Å². The highest BCUT2D eigenvalue weighted by atomic mass is 32.1. The minimum atomic E-state index is 0.0662. The zero-order valence-corrected chi connectivity index (χ0v) is 15.6. The largest absolute Gasteiger partial charge is 0.383 e. The average molecular weight is 337 g/mol. The SMILES string of the molecule is COC[C@@H](C)N1CCN(c2nn3cc(C(C)(C)C)nc3s2)CC1. The number of imidazole rings is 1. The van der Waals surface area contributed by atoms with Crippen LogP contribution in [0.5, 0.6) is 0 Å². The highest BCUT2D eigenvalue weighted by Crippen LogP contribution is 2.28. The van der Waals surface area contributed by atoms with E-state index < -0.39 is 0 Å². The standard InChI is InChI=1S/C16H27N5OS/c1-12(11-22-5)19-6-8-20(9-7-19)15-18-21-10-13(16(2,3)4)17-14(21)23-15/h10,12H,6-9,11H2,1-5H3/t12-/m1/s1. The van der Waals surface area contributed by atoms with Crippen molar-refractivity contribution in [2.24, 2.45) is 0 Å². The van der Waals surface area contributed by atoms with Crippen molar-refractivity contribution < 1.29 is 4.74 Å². The molecule has 2 aromatic heterocycles. The van der Waals surface area contributed by atoms with Gasteiger partial charge in [0.25, 0.3) is 0 Å². The normalized spacial score (nSPS) is 18.7. The summed E-state index contributed by atoms with van der Waals surface area (Å²) < 4.78 is 7.19. The van der Waals surface area contributed by atoms with Crippen molar-refractivity contribution in [3.8, 4) is 0 Å². The second-order valence-electron chi connectivity index (χ2n) is 7.32. The van der Waals surface area contributed by atoms with Crippen LogP contribution in [0.25, 0.3) is 4.96 Å². The first-order valence-corrected chi connectivity index (χ1v) is 9.05. The smallest absolute Gasteiger partial charge is 0.214 e. The van der Waals surface area contributed by atoms with Crippen molar-refractivity contribution in [2.45, 2.75) is 39.2 Å². The first kappa shape index (κ1) is 16.7. The molecular weight excluding hydrogens is 310 g/mol. The van der Waals surface area contributed by atoms with Gasteiger partial charge < -0.3 is 9.64 Å². The van der Waals surface area contributed by atoms with E-state index in [0.29, 0.717) is 6.04 Å². The van der Waals surface area contributed by atoms with Crippen LogP contribution in [0.1, 0.15) is 33.4 Å². The van der Waals surface area contributed by atoms with Crippen LogP contribution in [0.15, 0.2) is 6.20 Å². The predicted octanol–water partition coefficient (Wildman–Crippen LogP) is 2.25. The molecule has 0 saturated carbocycles. The Balaban J connectivity index is 1.67. The van der Waals surface area contributed by atoms with Gasteiger partial charge in [0.05, 0.1) is 18.5 Å². The van der Waals surface area contributed by atoms with Crippen LogP contribution >= 0.6 is 11.3 Å². The molecule has 0 amide bonds. The van der Waals surface area contributed by atoms with Crippen molar-refractivity contribution in [1.82, 2.24) is 19.5 Å². The number of aromatic nitrogens is 3. The number of hydrogen-bond acceptors (Lipinski definition) is 6. The van der Waals surface area contributed by atoms with Crippen molar-refractivity contribution in [1.29, 1.82) is 0 Å². The third-order valence-electron chi connectivity index (χ3n) is 4.42. The molecule has 1 aliphatic rings. The lowest BCUT2D eigenvalue weighted by atomic mass is 9.93. The molecule has 0 bridgehead atoms. The first-order valence-electron chi connectivity index (χ1n) is 8.23. The Morgan fingerprint density at radius 2 is 1.96 bits per heavy atom. The molecule has 0 radical (unpaired) electrons. The van der Waals surface area contributed by atoms with E-state index in [9.17, 15) is 0 Å². The third-order valence-corrected chi connectivity index (χ3v) is 5.40. The van der Waals surface area contributed by atoms with E-state index in [2.05, 4.69) is 43.7 Å². The number of ether oxygens (including phenoxy) is 1. The number of fused-ring (bicyclic) bond motifs is 1. The van der Waals surface area contributed by atoms with Gasteiger partial charge in [-0.25, -0.2) is 9.50 Å². The van der Waals surface area contributed by atoms with Crippen LogP contribution in [-0.2, 0) is 10.2 Å². The van der Waals surface area contributed by atoms with Gasteiger partial charge in [-0.05, 0) is 6.92 Å². The van der Waals surface area contributed by atoms with Gasteiger partial charge >= 0.3 is 0 Å². The van der Waals surface area contributed by atoms with Crippen molar-refractivity contribution >= 4 is 21.4 Å². The molecule has 0 N–H and O–H groups in total. The molecule has 128 valence electrons. The van der Waals surface area contributed by atoms with Crippen LogP contribution in [-0.4, -0.2) is 65.4 Å². The molecule has 0 unspecified atom stereocenters. The van der Waals surface area contributed by atoms with E-state index in [1.54, 1.807) is 18.4 Å². The van der Waals surface area contributed by atoms with Crippen molar-refractivity contribution in [3.63, 3.8) is 0 Å². The van der Waals surface area contributed by atoms with Crippen LogP contribution < -0.4 is 4.90 Å². The topological polar surface area (TPSA) is 45.9 Å². The molecule has 1 saturated heterocycles. The Kier molecular flexibility index (Phi) is 4.62. The average Bonchev–Trinajstić information content (AvgIpc) is 3.05. The lowest BCUT2D eigenvalue weighted by molar-refractivity contribution is 0.0953. The number of hydrogen-bond donors (Lipinski definition) is 0. The van der Waals surface area contributed by atoms with Crippen molar-refractivity contribution in [2.75, 3.05) is 44.8 Å². The summed E-state index contributed by atoms with van der Waals surface area (Å²) in [4.78, 5) is 10.6. The Labute approximate surface area is 142 Å². The zero-order valence-electron chi connectivity index (χ0n) is 14.7. The Hall–Kier alpha value is -1.18. The summed E-state index contributed by atoms with van der Waals surface area (Å²) in [7, 11) is 1.77. The fourth-order valence-corrected chi connectivity index (χ4v) is 3.81. The van der Waals surface area contributed by atoms with Gasteiger partial charge in [-0.15, -0.1) is 5.10 Å².